The summed E-state index contributed by atoms with van der Waals surface area (Å²) in [6, 6.07) is 6.57. The number of rotatable bonds is 7. The lowest BCUT2D eigenvalue weighted by molar-refractivity contribution is -0.118. The molecular weight excluding hydrogens is 346 g/mol. The molecule has 0 aliphatic rings. The zero-order valence-corrected chi connectivity index (χ0v) is 14.9. The number of ether oxygens (including phenoxy) is 1. The number of benzene rings is 1. The molecule has 0 saturated heterocycles. The first-order valence-electron chi connectivity index (χ1n) is 7.94. The van der Waals surface area contributed by atoms with Crippen LogP contribution in [-0.4, -0.2) is 22.1 Å². The molecule has 0 saturated carbocycles. The van der Waals surface area contributed by atoms with Gasteiger partial charge in [-0.05, 0) is 37.6 Å². The van der Waals surface area contributed by atoms with Crippen molar-refractivity contribution in [3.8, 4) is 5.75 Å². The Morgan fingerprint density at radius 3 is 2.60 bits per heavy atom. The van der Waals surface area contributed by atoms with Gasteiger partial charge in [0, 0.05) is 17.3 Å². The van der Waals surface area contributed by atoms with Crippen LogP contribution in [0.15, 0.2) is 33.9 Å². The summed E-state index contributed by atoms with van der Waals surface area (Å²) in [5, 5.41) is 3.07. The minimum absolute atomic E-state index is 0.0559. The van der Waals surface area contributed by atoms with Gasteiger partial charge in [0.2, 0.25) is 0 Å². The smallest absolute Gasteiger partial charge is 0.328 e. The third-order valence-electron chi connectivity index (χ3n) is 3.56. The molecule has 7 nitrogen and oxygen atoms in total. The number of hydrogen-bond donors (Lipinski definition) is 2. The quantitative estimate of drug-likeness (QED) is 0.787. The lowest BCUT2D eigenvalue weighted by Crippen LogP contribution is -2.38. The summed E-state index contributed by atoms with van der Waals surface area (Å²) in [5.74, 6) is -0.0117. The first-order valence-corrected chi connectivity index (χ1v) is 8.32. The molecule has 0 spiro atoms. The van der Waals surface area contributed by atoms with Crippen molar-refractivity contribution in [1.29, 1.82) is 0 Å². The lowest BCUT2D eigenvalue weighted by Gasteiger charge is -2.11. The Hall–Kier alpha value is -2.54. The molecule has 1 aromatic carbocycles. The van der Waals surface area contributed by atoms with E-state index in [0.717, 1.165) is 11.0 Å². The summed E-state index contributed by atoms with van der Waals surface area (Å²) in [6.07, 6.45) is 1.54. The molecule has 134 valence electrons. The number of aromatic amines is 1. The Morgan fingerprint density at radius 2 is 1.96 bits per heavy atom. The number of halogens is 1. The second-order valence-corrected chi connectivity index (χ2v) is 5.97. The fourth-order valence-corrected chi connectivity index (χ4v) is 2.33. The summed E-state index contributed by atoms with van der Waals surface area (Å²) in [7, 11) is 0. The highest BCUT2D eigenvalue weighted by atomic mass is 35.5. The van der Waals surface area contributed by atoms with Crippen LogP contribution in [0, 0.1) is 6.92 Å². The maximum absolute atomic E-state index is 12.4. The van der Waals surface area contributed by atoms with Crippen molar-refractivity contribution in [2.24, 2.45) is 0 Å². The number of anilines is 1. The first kappa shape index (κ1) is 18.8. The van der Waals surface area contributed by atoms with Gasteiger partial charge in [0.15, 0.2) is 6.61 Å². The fourth-order valence-electron chi connectivity index (χ4n) is 2.20. The molecule has 0 aliphatic carbocycles. The number of carbonyl (C=O) groups is 1. The number of nitrogens with one attached hydrogen (secondary N) is 2. The number of aryl methyl sites for hydroxylation is 1. The minimum atomic E-state index is -0.519. The third kappa shape index (κ3) is 4.96. The maximum atomic E-state index is 12.4. The van der Waals surface area contributed by atoms with Gasteiger partial charge in [-0.25, -0.2) is 4.79 Å². The zero-order valence-electron chi connectivity index (χ0n) is 14.1. The molecule has 0 fully saturated rings. The van der Waals surface area contributed by atoms with E-state index in [0.29, 0.717) is 29.4 Å². The van der Waals surface area contributed by atoms with Gasteiger partial charge < -0.3 is 15.0 Å². The molecule has 0 aliphatic heterocycles. The van der Waals surface area contributed by atoms with Crippen LogP contribution >= 0.6 is 11.6 Å². The number of nitrogens with zero attached hydrogens (tertiary/aromatic N) is 1. The normalized spacial score (nSPS) is 10.5. The molecule has 8 heteroatoms. The number of H-pyrrole nitrogens is 1. The van der Waals surface area contributed by atoms with Crippen molar-refractivity contribution >= 4 is 23.2 Å². The molecule has 25 heavy (non-hydrogen) atoms. The van der Waals surface area contributed by atoms with Gasteiger partial charge in [-0.15, -0.1) is 0 Å². The van der Waals surface area contributed by atoms with Crippen LogP contribution in [0.4, 0.5) is 5.69 Å². The number of aromatic nitrogens is 2. The summed E-state index contributed by atoms with van der Waals surface area (Å²) < 4.78 is 6.43. The fraction of sp³-hybridized carbons (Fsp3) is 0.353. The van der Waals surface area contributed by atoms with Gasteiger partial charge in [-0.1, -0.05) is 24.9 Å². The minimum Gasteiger partial charge on any atom is -0.484 e. The standard InChI is InChI=1S/C17H20ClN3O4/c1-3-4-9-21-16(23)15(11(2)19-17(21)24)20-14(22)10-25-13-7-5-12(18)6-8-13/h5-8H,3-4,9-10H2,1-2H3,(H,19,24)(H,20,22). The van der Waals surface area contributed by atoms with E-state index in [4.69, 9.17) is 16.3 Å². The molecule has 1 aromatic heterocycles. The van der Waals surface area contributed by atoms with E-state index in [1.165, 1.54) is 0 Å². The Morgan fingerprint density at radius 1 is 1.28 bits per heavy atom. The van der Waals surface area contributed by atoms with Gasteiger partial charge in [0.25, 0.3) is 11.5 Å². The Bertz CT molecular complexity index is 856. The summed E-state index contributed by atoms with van der Waals surface area (Å²) >= 11 is 5.78. The van der Waals surface area contributed by atoms with Gasteiger partial charge in [-0.3, -0.25) is 14.2 Å². The Balaban J connectivity index is 2.10. The highest BCUT2D eigenvalue weighted by molar-refractivity contribution is 6.30. The largest absolute Gasteiger partial charge is 0.484 e. The van der Waals surface area contributed by atoms with Gasteiger partial charge in [0.05, 0.1) is 0 Å². The zero-order chi connectivity index (χ0) is 18.4. The predicted molar refractivity (Wildman–Crippen MR) is 96.5 cm³/mol. The number of hydrogen-bond acceptors (Lipinski definition) is 4. The van der Waals surface area contributed by atoms with Crippen LogP contribution in [0.25, 0.3) is 0 Å². The van der Waals surface area contributed by atoms with Crippen LogP contribution in [-0.2, 0) is 11.3 Å². The first-order chi connectivity index (χ1) is 11.9. The molecule has 0 bridgehead atoms. The van der Waals surface area contributed by atoms with Crippen LogP contribution in [0.1, 0.15) is 25.5 Å². The molecular formula is C17H20ClN3O4. The van der Waals surface area contributed by atoms with Crippen LogP contribution in [0.5, 0.6) is 5.75 Å². The molecule has 0 unspecified atom stereocenters. The maximum Gasteiger partial charge on any atom is 0.328 e. The van der Waals surface area contributed by atoms with Crippen molar-refractivity contribution in [2.75, 3.05) is 11.9 Å². The van der Waals surface area contributed by atoms with Crippen molar-refractivity contribution in [2.45, 2.75) is 33.2 Å². The second-order valence-electron chi connectivity index (χ2n) is 5.53. The van der Waals surface area contributed by atoms with E-state index in [-0.39, 0.29) is 12.3 Å². The number of amides is 1. The molecule has 2 aromatic rings. The van der Waals surface area contributed by atoms with Crippen molar-refractivity contribution in [3.63, 3.8) is 0 Å². The third-order valence-corrected chi connectivity index (χ3v) is 3.81. The highest BCUT2D eigenvalue weighted by Gasteiger charge is 2.14. The van der Waals surface area contributed by atoms with E-state index < -0.39 is 17.2 Å². The lowest BCUT2D eigenvalue weighted by atomic mass is 10.3. The second kappa shape index (κ2) is 8.53. The van der Waals surface area contributed by atoms with Crippen molar-refractivity contribution in [1.82, 2.24) is 9.55 Å². The van der Waals surface area contributed by atoms with E-state index in [1.54, 1.807) is 31.2 Å². The van der Waals surface area contributed by atoms with Crippen LogP contribution < -0.4 is 21.3 Å². The van der Waals surface area contributed by atoms with Gasteiger partial charge in [0.1, 0.15) is 11.4 Å². The van der Waals surface area contributed by atoms with E-state index in [1.807, 2.05) is 6.92 Å². The van der Waals surface area contributed by atoms with Crippen LogP contribution in [0.2, 0.25) is 5.02 Å². The van der Waals surface area contributed by atoms with E-state index in [9.17, 15) is 14.4 Å². The monoisotopic (exact) mass is 365 g/mol. The molecule has 0 radical (unpaired) electrons. The van der Waals surface area contributed by atoms with Crippen molar-refractivity contribution in [3.05, 3.63) is 55.8 Å². The van der Waals surface area contributed by atoms with E-state index >= 15 is 0 Å². The SMILES string of the molecule is CCCCn1c(=O)[nH]c(C)c(NC(=O)COc2ccc(Cl)cc2)c1=O. The predicted octanol–water partition coefficient (Wildman–Crippen LogP) is 2.32. The van der Waals surface area contributed by atoms with Crippen molar-refractivity contribution < 1.29 is 9.53 Å². The Labute approximate surface area is 149 Å². The van der Waals surface area contributed by atoms with Gasteiger partial charge in [-0.2, -0.15) is 0 Å². The Kier molecular flexibility index (Phi) is 6.41. The number of unbranched alkanes of at least 4 members (excludes halogenated alkanes) is 1. The average molecular weight is 366 g/mol. The molecule has 1 heterocycles. The highest BCUT2D eigenvalue weighted by Crippen LogP contribution is 2.15. The summed E-state index contributed by atoms with van der Waals surface area (Å²) in [5.41, 5.74) is -0.635. The number of carbonyl (C=O) groups excluding carboxylic acids is 1. The molecule has 2 N–H and O–H groups in total. The molecule has 2 rings (SSSR count). The molecule has 0 atom stereocenters. The van der Waals surface area contributed by atoms with E-state index in [2.05, 4.69) is 10.3 Å². The summed E-state index contributed by atoms with van der Waals surface area (Å²) in [6.45, 7) is 3.55. The van der Waals surface area contributed by atoms with Gasteiger partial charge >= 0.3 is 5.69 Å². The van der Waals surface area contributed by atoms with Crippen LogP contribution in [0.3, 0.4) is 0 Å². The summed E-state index contributed by atoms with van der Waals surface area (Å²) in [4.78, 5) is 39.0. The molecule has 1 amide bonds. The topological polar surface area (TPSA) is 93.2 Å². The average Bonchev–Trinajstić information content (AvgIpc) is 2.58.